The Labute approximate surface area is 144 Å². The largest absolute Gasteiger partial charge is 0.338 e. The third-order valence-electron chi connectivity index (χ3n) is 5.80. The van der Waals surface area contributed by atoms with E-state index >= 15 is 0 Å². The van der Waals surface area contributed by atoms with E-state index in [-0.39, 0.29) is 17.0 Å². The van der Waals surface area contributed by atoms with E-state index in [1.165, 1.54) is 0 Å². The minimum absolute atomic E-state index is 0.0264. The fourth-order valence-electron chi connectivity index (χ4n) is 3.43. The summed E-state index contributed by atoms with van der Waals surface area (Å²) in [4.78, 5) is 19.1. The maximum absolute atomic E-state index is 12.4. The molecule has 1 fully saturated rings. The maximum atomic E-state index is 12.4. The maximum Gasteiger partial charge on any atom is 0.317 e. The third kappa shape index (κ3) is 2.56. The first-order valence-corrected chi connectivity index (χ1v) is 8.77. The molecule has 2 heterocycles. The van der Waals surface area contributed by atoms with Crippen LogP contribution in [0.2, 0.25) is 0 Å². The molecule has 0 aliphatic carbocycles. The first kappa shape index (κ1) is 16.8. The minimum atomic E-state index is -0.104. The van der Waals surface area contributed by atoms with Crippen LogP contribution in [-0.4, -0.2) is 39.1 Å². The summed E-state index contributed by atoms with van der Waals surface area (Å²) in [5, 5.41) is 3.06. The van der Waals surface area contributed by atoms with Crippen molar-refractivity contribution < 1.29 is 4.79 Å². The number of nitrogens with zero attached hydrogens (tertiary/aromatic N) is 3. The molecule has 0 atom stereocenters. The van der Waals surface area contributed by atoms with Crippen molar-refractivity contribution in [2.45, 2.75) is 53.1 Å². The van der Waals surface area contributed by atoms with Crippen molar-refractivity contribution in [2.24, 2.45) is 5.41 Å². The standard InChI is InChI=1S/C19H28N4O/c1-6-22-15-10-8-7-9-14(15)21-16(22)11-12-20-17(24)23-13-18(2,3)19(23,4)5/h7-10H,6,11-13H2,1-5H3,(H,20,24). The minimum Gasteiger partial charge on any atom is -0.338 e. The van der Waals surface area contributed by atoms with Gasteiger partial charge in [0.25, 0.3) is 0 Å². The number of amides is 2. The van der Waals surface area contributed by atoms with Gasteiger partial charge in [0.15, 0.2) is 0 Å². The summed E-state index contributed by atoms with van der Waals surface area (Å²) >= 11 is 0. The summed E-state index contributed by atoms with van der Waals surface area (Å²) in [6.45, 7) is 13.1. The monoisotopic (exact) mass is 328 g/mol. The highest BCUT2D eigenvalue weighted by Gasteiger charge is 2.54. The summed E-state index contributed by atoms with van der Waals surface area (Å²) in [5.41, 5.74) is 2.24. The average Bonchev–Trinajstić information content (AvgIpc) is 2.89. The van der Waals surface area contributed by atoms with E-state index in [2.05, 4.69) is 50.6 Å². The van der Waals surface area contributed by atoms with E-state index in [1.54, 1.807) is 0 Å². The molecule has 5 nitrogen and oxygen atoms in total. The van der Waals surface area contributed by atoms with Gasteiger partial charge in [-0.15, -0.1) is 0 Å². The van der Waals surface area contributed by atoms with Crippen molar-refractivity contribution in [1.29, 1.82) is 0 Å². The Hall–Kier alpha value is -2.04. The van der Waals surface area contributed by atoms with Gasteiger partial charge >= 0.3 is 6.03 Å². The van der Waals surface area contributed by atoms with Gasteiger partial charge in [-0.3, -0.25) is 0 Å². The SMILES string of the molecule is CCn1c(CCNC(=O)N2CC(C)(C)C2(C)C)nc2ccccc21. The summed E-state index contributed by atoms with van der Waals surface area (Å²) in [6, 6.07) is 8.20. The van der Waals surface area contributed by atoms with Crippen LogP contribution in [0.1, 0.15) is 40.4 Å². The number of carbonyl (C=O) groups is 1. The van der Waals surface area contributed by atoms with Crippen LogP contribution >= 0.6 is 0 Å². The topological polar surface area (TPSA) is 50.2 Å². The van der Waals surface area contributed by atoms with Gasteiger partial charge in [-0.25, -0.2) is 9.78 Å². The summed E-state index contributed by atoms with van der Waals surface area (Å²) in [7, 11) is 0. The van der Waals surface area contributed by atoms with E-state index in [9.17, 15) is 4.79 Å². The summed E-state index contributed by atoms with van der Waals surface area (Å²) < 4.78 is 2.22. The van der Waals surface area contributed by atoms with Crippen molar-refractivity contribution in [3.05, 3.63) is 30.1 Å². The third-order valence-corrected chi connectivity index (χ3v) is 5.80. The molecule has 2 amide bonds. The van der Waals surface area contributed by atoms with Crippen LogP contribution in [-0.2, 0) is 13.0 Å². The highest BCUT2D eigenvalue weighted by molar-refractivity contribution is 5.77. The molecular weight excluding hydrogens is 300 g/mol. The Bertz CT molecular complexity index is 760. The van der Waals surface area contributed by atoms with Gasteiger partial charge in [-0.2, -0.15) is 0 Å². The predicted octanol–water partition coefficient (Wildman–Crippen LogP) is 3.43. The number of aromatic nitrogens is 2. The van der Waals surface area contributed by atoms with Gasteiger partial charge in [0.05, 0.1) is 11.0 Å². The van der Waals surface area contributed by atoms with Gasteiger partial charge in [0.2, 0.25) is 0 Å². The molecule has 0 bridgehead atoms. The lowest BCUT2D eigenvalue weighted by Gasteiger charge is -2.61. The van der Waals surface area contributed by atoms with Crippen LogP contribution in [0.5, 0.6) is 0 Å². The molecule has 3 rings (SSSR count). The molecule has 2 aromatic rings. The number of benzene rings is 1. The van der Waals surface area contributed by atoms with Gasteiger partial charge < -0.3 is 14.8 Å². The molecule has 0 unspecified atom stereocenters. The number of rotatable bonds is 4. The fraction of sp³-hybridized carbons (Fsp3) is 0.579. The second-order valence-corrected chi connectivity index (χ2v) is 7.77. The molecule has 1 aliphatic rings. The van der Waals surface area contributed by atoms with Crippen molar-refractivity contribution >= 4 is 17.1 Å². The number of carbonyl (C=O) groups excluding carboxylic acids is 1. The quantitative estimate of drug-likeness (QED) is 0.935. The van der Waals surface area contributed by atoms with E-state index < -0.39 is 0 Å². The molecule has 1 aromatic carbocycles. The first-order valence-electron chi connectivity index (χ1n) is 8.77. The lowest BCUT2D eigenvalue weighted by atomic mass is 9.65. The average molecular weight is 328 g/mol. The Morgan fingerprint density at radius 1 is 1.25 bits per heavy atom. The molecule has 1 saturated heterocycles. The predicted molar refractivity (Wildman–Crippen MR) is 97.1 cm³/mol. The van der Waals surface area contributed by atoms with Gasteiger partial charge in [0.1, 0.15) is 5.82 Å². The van der Waals surface area contributed by atoms with Crippen molar-refractivity contribution in [3.8, 4) is 0 Å². The number of hydrogen-bond donors (Lipinski definition) is 1. The number of nitrogens with one attached hydrogen (secondary N) is 1. The zero-order chi connectivity index (χ0) is 17.5. The second-order valence-electron chi connectivity index (χ2n) is 7.77. The van der Waals surface area contributed by atoms with Crippen LogP contribution in [0.3, 0.4) is 0 Å². The molecule has 1 aromatic heterocycles. The second kappa shape index (κ2) is 5.80. The number of hydrogen-bond acceptors (Lipinski definition) is 2. The zero-order valence-corrected chi connectivity index (χ0v) is 15.4. The smallest absolute Gasteiger partial charge is 0.317 e. The normalized spacial score (nSPS) is 18.5. The highest BCUT2D eigenvalue weighted by atomic mass is 16.2. The number of likely N-dealkylation sites (tertiary alicyclic amines) is 1. The number of aryl methyl sites for hydroxylation is 1. The van der Waals surface area contributed by atoms with Gasteiger partial charge in [0, 0.05) is 37.0 Å². The van der Waals surface area contributed by atoms with Crippen molar-refractivity contribution in [1.82, 2.24) is 19.8 Å². The fourth-order valence-corrected chi connectivity index (χ4v) is 3.43. The zero-order valence-electron chi connectivity index (χ0n) is 15.4. The lowest BCUT2D eigenvalue weighted by molar-refractivity contribution is -0.0806. The summed E-state index contributed by atoms with van der Waals surface area (Å²) in [5.74, 6) is 1.03. The molecule has 130 valence electrons. The van der Waals surface area contributed by atoms with Crippen LogP contribution in [0, 0.1) is 5.41 Å². The molecular formula is C19H28N4O. The molecule has 0 saturated carbocycles. The van der Waals surface area contributed by atoms with E-state index in [4.69, 9.17) is 4.98 Å². The van der Waals surface area contributed by atoms with E-state index in [0.29, 0.717) is 6.54 Å². The number of imidazole rings is 1. The van der Waals surface area contributed by atoms with Crippen molar-refractivity contribution in [3.63, 3.8) is 0 Å². The van der Waals surface area contributed by atoms with Gasteiger partial charge in [-0.1, -0.05) is 26.0 Å². The first-order chi connectivity index (χ1) is 11.3. The van der Waals surface area contributed by atoms with Crippen molar-refractivity contribution in [2.75, 3.05) is 13.1 Å². The number of para-hydroxylation sites is 2. The van der Waals surface area contributed by atoms with E-state index in [0.717, 1.165) is 36.4 Å². The Balaban J connectivity index is 1.62. The number of fused-ring (bicyclic) bond motifs is 1. The molecule has 1 aliphatic heterocycles. The molecule has 24 heavy (non-hydrogen) atoms. The number of urea groups is 1. The molecule has 5 heteroatoms. The lowest BCUT2D eigenvalue weighted by Crippen LogP contribution is -2.72. The van der Waals surface area contributed by atoms with Crippen LogP contribution in [0.4, 0.5) is 4.79 Å². The highest BCUT2D eigenvalue weighted by Crippen LogP contribution is 2.46. The van der Waals surface area contributed by atoms with Gasteiger partial charge in [-0.05, 0) is 32.9 Å². The Morgan fingerprint density at radius 3 is 2.58 bits per heavy atom. The molecule has 0 radical (unpaired) electrons. The van der Waals surface area contributed by atoms with E-state index in [1.807, 2.05) is 23.1 Å². The Kier molecular flexibility index (Phi) is 4.06. The van der Waals surface area contributed by atoms with Crippen LogP contribution < -0.4 is 5.32 Å². The van der Waals surface area contributed by atoms with Crippen LogP contribution in [0.25, 0.3) is 11.0 Å². The molecule has 1 N–H and O–H groups in total. The van der Waals surface area contributed by atoms with Crippen LogP contribution in [0.15, 0.2) is 24.3 Å². The summed E-state index contributed by atoms with van der Waals surface area (Å²) in [6.07, 6.45) is 0.742. The Morgan fingerprint density at radius 2 is 1.96 bits per heavy atom. The molecule has 0 spiro atoms.